The summed E-state index contributed by atoms with van der Waals surface area (Å²) in [4.78, 5) is 159. The average Bonchev–Trinajstić information content (AvgIpc) is 3.28. The second-order valence-corrected chi connectivity index (χ2v) is 25.7. The number of rotatable bonds is 19. The van der Waals surface area contributed by atoms with Gasteiger partial charge in [-0.15, -0.1) is 0 Å². The second kappa shape index (κ2) is 24.1. The Morgan fingerprint density at radius 1 is 0.829 bits per heavy atom. The van der Waals surface area contributed by atoms with E-state index in [4.69, 9.17) is 5.73 Å². The summed E-state index contributed by atoms with van der Waals surface area (Å²) in [6.45, 7) is -0.0914. The minimum atomic E-state index is -5.14. The van der Waals surface area contributed by atoms with Gasteiger partial charge in [-0.1, -0.05) is 18.2 Å². The molecule has 9 rings (SSSR count). The van der Waals surface area contributed by atoms with Crippen LogP contribution in [0, 0.1) is 11.8 Å². The highest BCUT2D eigenvalue weighted by Gasteiger charge is 2.46. The van der Waals surface area contributed by atoms with Crippen molar-refractivity contribution in [1.29, 1.82) is 0 Å². The van der Waals surface area contributed by atoms with Crippen molar-refractivity contribution in [2.45, 2.75) is 131 Å². The number of carbonyl (C=O) groups excluding carboxylic acids is 9. The quantitative estimate of drug-likeness (QED) is 0.0462. The Hall–Kier alpha value is -7.60. The maximum atomic E-state index is 15.0. The van der Waals surface area contributed by atoms with Crippen molar-refractivity contribution in [3.63, 3.8) is 0 Å². The predicted molar refractivity (Wildman–Crippen MR) is 296 cm³/mol. The fraction of sp³-hybridized carbons (Fsp3) is 0.464. The Bertz CT molecular complexity index is 3630. The van der Waals surface area contributed by atoms with Gasteiger partial charge in [-0.2, -0.15) is 0 Å². The molecule has 24 nitrogen and oxygen atoms in total. The Morgan fingerprint density at radius 3 is 2.22 bits per heavy atom. The van der Waals surface area contributed by atoms with Crippen LogP contribution in [0.1, 0.15) is 121 Å². The number of Topliss-reactive ketones (excluding diaryl/α,β-unsaturated/α-hetero) is 1. The van der Waals surface area contributed by atoms with Gasteiger partial charge in [-0.05, 0) is 142 Å². The van der Waals surface area contributed by atoms with Gasteiger partial charge in [0.15, 0.2) is 15.6 Å². The lowest BCUT2D eigenvalue weighted by molar-refractivity contribution is -0.146. The highest BCUT2D eigenvalue weighted by atomic mass is 32.2. The summed E-state index contributed by atoms with van der Waals surface area (Å²) in [6, 6.07) is 11.8. The number of nitrogens with two attached hydrogens (primary N) is 1. The molecular formula is C56H66N9O15PS. The molecule has 26 heteroatoms. The fourth-order valence-electron chi connectivity index (χ4n) is 12.1. The zero-order chi connectivity index (χ0) is 58.9. The standard InChI is InChI=1S/C56H66N9O15PS/c1-62-46-26-34(9-17-43(46)65(56(62)75)45-19-22-49(68)61-53(45)72)25-32-3-5-33(6-4-32)27-50(69)63-24-23-37-12-18-44(52(71)59-40(16-21-48(57)67)47(66)20-10-31-7-13-38(14-8-31)82(2,79)80)64(37)54(73)42(30-63)60-51(70)41-29-36-28-35(11-15-39(36)58-41)55(74)81(76,77)78/h7-9,11,13-15,17,26,28-29,32-33,37,40,42,44-45,58H,3-6,10,12,16,18-25,27,30H2,1-2H3,(H2,57,67)(H,59,71)(H,60,70)(H,61,68,72)(H2,76,77,78)/t32?,33?,37-,40-,42+,44+,45?/m1/s1. The summed E-state index contributed by atoms with van der Waals surface area (Å²) >= 11 is 0. The van der Waals surface area contributed by atoms with Gasteiger partial charge in [-0.3, -0.25) is 62.2 Å². The molecule has 4 aliphatic rings. The zero-order valence-corrected chi connectivity index (χ0v) is 47.0. The van der Waals surface area contributed by atoms with Crippen molar-refractivity contribution in [3.05, 3.63) is 99.6 Å². The normalized spacial score (nSPS) is 22.0. The van der Waals surface area contributed by atoms with E-state index in [1.807, 2.05) is 18.2 Å². The number of H-pyrrole nitrogens is 1. The van der Waals surface area contributed by atoms with Crippen LogP contribution in [0.25, 0.3) is 21.9 Å². The third-order valence-corrected chi connectivity index (χ3v) is 18.5. The van der Waals surface area contributed by atoms with Crippen molar-refractivity contribution in [2.24, 2.45) is 24.6 Å². The summed E-state index contributed by atoms with van der Waals surface area (Å²) in [5.74, 6) is -4.07. The van der Waals surface area contributed by atoms with Crippen LogP contribution in [-0.2, 0) is 67.9 Å². The number of benzene rings is 3. The van der Waals surface area contributed by atoms with Crippen LogP contribution in [-0.4, -0.2) is 138 Å². The lowest BCUT2D eigenvalue weighted by Gasteiger charge is -2.39. The van der Waals surface area contributed by atoms with E-state index >= 15 is 4.79 Å². The number of ketones is 1. The number of aromatic amines is 1. The smallest absolute Gasteiger partial charge is 0.370 e. The Kier molecular flexibility index (Phi) is 17.3. The van der Waals surface area contributed by atoms with E-state index in [0.29, 0.717) is 35.0 Å². The molecule has 5 heterocycles. The lowest BCUT2D eigenvalue weighted by atomic mass is 9.78. The summed E-state index contributed by atoms with van der Waals surface area (Å²) < 4.78 is 38.7. The lowest BCUT2D eigenvalue weighted by Crippen LogP contribution is -2.61. The maximum absolute atomic E-state index is 15.0. The number of amides is 7. The van der Waals surface area contributed by atoms with Crippen LogP contribution in [0.4, 0.5) is 0 Å². The molecule has 3 aliphatic heterocycles. The van der Waals surface area contributed by atoms with Crippen molar-refractivity contribution in [3.8, 4) is 0 Å². The number of nitrogens with zero attached hydrogens (tertiary/aromatic N) is 4. The van der Waals surface area contributed by atoms with Crippen molar-refractivity contribution < 1.29 is 65.9 Å². The third-order valence-electron chi connectivity index (χ3n) is 16.6. The molecule has 3 saturated heterocycles. The zero-order valence-electron chi connectivity index (χ0n) is 45.3. The molecule has 436 valence electrons. The minimum absolute atomic E-state index is 0.0131. The fourth-order valence-corrected chi connectivity index (χ4v) is 13.2. The molecule has 4 fully saturated rings. The van der Waals surface area contributed by atoms with E-state index in [1.165, 1.54) is 50.4 Å². The maximum Gasteiger partial charge on any atom is 0.396 e. The van der Waals surface area contributed by atoms with Gasteiger partial charge >= 0.3 is 13.3 Å². The number of nitrogens with one attached hydrogen (secondary N) is 4. The number of primary amides is 1. The summed E-state index contributed by atoms with van der Waals surface area (Å²) in [5, 5.41) is 8.13. The number of hydrogen-bond acceptors (Lipinski definition) is 13. The van der Waals surface area contributed by atoms with E-state index in [1.54, 1.807) is 24.1 Å². The highest BCUT2D eigenvalue weighted by Crippen LogP contribution is 2.40. The predicted octanol–water partition coefficient (Wildman–Crippen LogP) is 2.60. The van der Waals surface area contributed by atoms with Crippen molar-refractivity contribution in [2.75, 3.05) is 19.3 Å². The molecule has 5 atom stereocenters. The number of hydrogen-bond donors (Lipinski definition) is 7. The first-order valence-corrected chi connectivity index (χ1v) is 30.9. The topological polar surface area (TPSA) is 357 Å². The first kappa shape index (κ1) is 59.0. The molecule has 82 heavy (non-hydrogen) atoms. The molecule has 0 radical (unpaired) electrons. The highest BCUT2D eigenvalue weighted by molar-refractivity contribution is 7.90. The molecule has 8 N–H and O–H groups in total. The molecular weight excluding hydrogens is 1100 g/mol. The van der Waals surface area contributed by atoms with Gasteiger partial charge in [0.25, 0.3) is 11.4 Å². The van der Waals surface area contributed by atoms with Crippen LogP contribution in [0.5, 0.6) is 0 Å². The van der Waals surface area contributed by atoms with Crippen molar-refractivity contribution >= 4 is 92.0 Å². The summed E-state index contributed by atoms with van der Waals surface area (Å²) in [5.41, 5.74) is 6.61. The summed E-state index contributed by atoms with van der Waals surface area (Å²) in [7, 11) is -6.94. The molecule has 0 spiro atoms. The monoisotopic (exact) mass is 1170 g/mol. The van der Waals surface area contributed by atoms with E-state index in [2.05, 4.69) is 20.9 Å². The van der Waals surface area contributed by atoms with E-state index in [0.717, 1.165) is 43.9 Å². The van der Waals surface area contributed by atoms with Crippen LogP contribution in [0.15, 0.2) is 76.4 Å². The number of aryl methyl sites for hydroxylation is 2. The van der Waals surface area contributed by atoms with Gasteiger partial charge in [0, 0.05) is 74.6 Å². The Balaban J connectivity index is 0.889. The number of sulfone groups is 1. The van der Waals surface area contributed by atoms with Crippen LogP contribution >= 0.6 is 7.60 Å². The number of aromatic nitrogens is 3. The molecule has 5 aromatic rings. The SMILES string of the molecule is Cn1c(=O)n(C2CCC(=O)NC2=O)c2ccc(CC3CCC(CC(=O)N4CC[C@H]5CC[C@@H](C(=O)N[C@H](CCC(N)=O)C(=O)CCc6ccc(S(C)(=O)=O)cc6)N5C(=O)[C@@H](NC(=O)c5cc6cc(C(=O)P(=O)(O)O)ccc6[nH]5)C4)CC3)cc21. The largest absolute Gasteiger partial charge is 0.396 e. The molecule has 1 aliphatic carbocycles. The van der Waals surface area contributed by atoms with Crippen molar-refractivity contribution in [1.82, 2.24) is 39.9 Å². The first-order chi connectivity index (χ1) is 38.8. The summed E-state index contributed by atoms with van der Waals surface area (Å²) in [6.07, 6.45) is 6.00. The molecule has 1 saturated carbocycles. The molecule has 7 amide bonds. The van der Waals surface area contributed by atoms with Gasteiger partial charge in [0.2, 0.25) is 35.4 Å². The average molecular weight is 1170 g/mol. The molecule has 1 unspecified atom stereocenters. The number of piperidine rings is 1. The van der Waals surface area contributed by atoms with Crippen LogP contribution < -0.4 is 27.4 Å². The third kappa shape index (κ3) is 13.2. The number of imidazole rings is 1. The molecule has 2 aromatic heterocycles. The van der Waals surface area contributed by atoms with Gasteiger partial charge in [0.05, 0.1) is 22.0 Å². The van der Waals surface area contributed by atoms with E-state index < -0.39 is 88.5 Å². The number of imide groups is 1. The van der Waals surface area contributed by atoms with Gasteiger partial charge in [0.1, 0.15) is 23.8 Å². The number of fused-ring (bicyclic) bond motifs is 3. The van der Waals surface area contributed by atoms with Crippen LogP contribution in [0.3, 0.4) is 0 Å². The Morgan fingerprint density at radius 2 is 1.54 bits per heavy atom. The van der Waals surface area contributed by atoms with Gasteiger partial charge in [-0.25, -0.2) is 13.2 Å². The molecule has 0 bridgehead atoms. The molecule has 3 aromatic carbocycles. The van der Waals surface area contributed by atoms with E-state index in [-0.39, 0.29) is 115 Å². The van der Waals surface area contributed by atoms with Gasteiger partial charge < -0.3 is 40.9 Å². The Labute approximate surface area is 471 Å². The van der Waals surface area contributed by atoms with Crippen LogP contribution in [0.2, 0.25) is 0 Å². The number of carbonyl (C=O) groups is 9. The minimum Gasteiger partial charge on any atom is -0.370 e. The second-order valence-electron chi connectivity index (χ2n) is 22.2. The first-order valence-electron chi connectivity index (χ1n) is 27.4. The van der Waals surface area contributed by atoms with E-state index in [9.17, 15) is 65.9 Å².